The zero-order valence-electron chi connectivity index (χ0n) is 17.8. The van der Waals surface area contributed by atoms with Crippen LogP contribution >= 0.6 is 23.2 Å². The molecule has 1 atom stereocenters. The van der Waals surface area contributed by atoms with Crippen LogP contribution in [0.4, 0.5) is 4.79 Å². The molecule has 0 spiro atoms. The Hall–Kier alpha value is -3.40. The lowest BCUT2D eigenvalue weighted by Gasteiger charge is -2.38. The van der Waals surface area contributed by atoms with Crippen molar-refractivity contribution in [2.75, 3.05) is 19.7 Å². The summed E-state index contributed by atoms with van der Waals surface area (Å²) in [5, 5.41) is 10.9. The molecule has 2 N–H and O–H groups in total. The summed E-state index contributed by atoms with van der Waals surface area (Å²) >= 11 is 12.9. The maximum Gasteiger partial charge on any atom is 0.410 e. The Labute approximate surface area is 202 Å². The fourth-order valence-electron chi connectivity index (χ4n) is 4.06. The minimum absolute atomic E-state index is 0.0100. The number of halogens is 2. The maximum absolute atomic E-state index is 12.7. The van der Waals surface area contributed by atoms with Gasteiger partial charge in [0.2, 0.25) is 5.88 Å². The molecule has 6 nitrogen and oxygen atoms in total. The van der Waals surface area contributed by atoms with Gasteiger partial charge in [0.25, 0.3) is 0 Å². The van der Waals surface area contributed by atoms with Gasteiger partial charge in [-0.1, -0.05) is 59.6 Å². The first kappa shape index (κ1) is 22.8. The first-order valence-corrected chi connectivity index (χ1v) is 11.1. The van der Waals surface area contributed by atoms with E-state index in [-0.39, 0.29) is 31.2 Å². The molecule has 1 amide bonds. The minimum Gasteiger partial charge on any atom is -0.450 e. The topological polar surface area (TPSA) is 88.6 Å². The fourth-order valence-corrected chi connectivity index (χ4v) is 4.49. The molecule has 2 aliphatic heterocycles. The number of hydrogen-bond donors (Lipinski definition) is 1. The van der Waals surface area contributed by atoms with E-state index in [0.29, 0.717) is 32.5 Å². The van der Waals surface area contributed by atoms with Gasteiger partial charge in [0.1, 0.15) is 17.4 Å². The third kappa shape index (κ3) is 4.43. The van der Waals surface area contributed by atoms with Gasteiger partial charge in [-0.2, -0.15) is 5.26 Å². The molecule has 1 unspecified atom stereocenters. The van der Waals surface area contributed by atoms with E-state index >= 15 is 0 Å². The summed E-state index contributed by atoms with van der Waals surface area (Å²) in [5.41, 5.74) is 9.30. The van der Waals surface area contributed by atoms with E-state index in [1.807, 2.05) is 42.5 Å². The second-order valence-corrected chi connectivity index (χ2v) is 8.36. The molecule has 33 heavy (non-hydrogen) atoms. The van der Waals surface area contributed by atoms with E-state index in [4.69, 9.17) is 38.4 Å². The summed E-state index contributed by atoms with van der Waals surface area (Å²) in [6.07, 6.45) is 1.39. The van der Waals surface area contributed by atoms with Crippen LogP contribution in [0.2, 0.25) is 10.0 Å². The SMILES string of the molecule is CCOC(=O)N1CC2=C(OC(N)=C(C#N)C2c2ccccc2Cl)/C(=C/c2ccccc2Cl)C1. The number of nitrogens with zero attached hydrogens (tertiary/aromatic N) is 2. The average Bonchev–Trinajstić information content (AvgIpc) is 2.80. The second kappa shape index (κ2) is 9.62. The Kier molecular flexibility index (Phi) is 6.64. The molecule has 0 fully saturated rings. The van der Waals surface area contributed by atoms with E-state index < -0.39 is 12.0 Å². The number of benzene rings is 2. The summed E-state index contributed by atoms with van der Waals surface area (Å²) < 4.78 is 11.2. The van der Waals surface area contributed by atoms with Crippen LogP contribution in [0.5, 0.6) is 0 Å². The summed E-state index contributed by atoms with van der Waals surface area (Å²) in [6, 6.07) is 16.8. The van der Waals surface area contributed by atoms with Crippen LogP contribution in [0.3, 0.4) is 0 Å². The monoisotopic (exact) mass is 481 g/mol. The summed E-state index contributed by atoms with van der Waals surface area (Å²) in [5.74, 6) is -0.0491. The van der Waals surface area contributed by atoms with Gasteiger partial charge in [0.15, 0.2) is 0 Å². The van der Waals surface area contributed by atoms with Gasteiger partial charge in [-0.05, 0) is 36.3 Å². The second-order valence-electron chi connectivity index (χ2n) is 7.55. The molecule has 4 rings (SSSR count). The molecule has 0 aromatic heterocycles. The molecule has 2 heterocycles. The number of hydrogen-bond acceptors (Lipinski definition) is 5. The first-order valence-electron chi connectivity index (χ1n) is 10.4. The molecular formula is C25H21Cl2N3O3. The highest BCUT2D eigenvalue weighted by Crippen LogP contribution is 2.45. The van der Waals surface area contributed by atoms with E-state index in [1.54, 1.807) is 24.0 Å². The largest absolute Gasteiger partial charge is 0.450 e. The standard InChI is InChI=1S/C25H21Cl2N3O3/c1-2-32-25(31)30-13-16(11-15-7-3-5-9-20(15)26)23-19(14-30)22(18(12-28)24(29)33-23)17-8-4-6-10-21(17)27/h3-11,22H,2,13-14,29H2,1H3/b16-11+. The van der Waals surface area contributed by atoms with E-state index in [2.05, 4.69) is 6.07 Å². The highest BCUT2D eigenvalue weighted by molar-refractivity contribution is 6.32. The number of nitriles is 1. The first-order chi connectivity index (χ1) is 15.9. The summed E-state index contributed by atoms with van der Waals surface area (Å²) in [7, 11) is 0. The van der Waals surface area contributed by atoms with E-state index in [9.17, 15) is 10.1 Å². The van der Waals surface area contributed by atoms with Crippen molar-refractivity contribution in [2.45, 2.75) is 12.8 Å². The molecule has 0 saturated heterocycles. The number of ether oxygens (including phenoxy) is 2. The lowest BCUT2D eigenvalue weighted by molar-refractivity contribution is 0.109. The number of nitrogens with two attached hydrogens (primary N) is 1. The van der Waals surface area contributed by atoms with Gasteiger partial charge in [0.05, 0.1) is 25.6 Å². The lowest BCUT2D eigenvalue weighted by Crippen LogP contribution is -2.41. The summed E-state index contributed by atoms with van der Waals surface area (Å²) in [4.78, 5) is 14.3. The van der Waals surface area contributed by atoms with Gasteiger partial charge >= 0.3 is 6.09 Å². The Morgan fingerprint density at radius 2 is 1.91 bits per heavy atom. The van der Waals surface area contributed by atoms with Crippen molar-refractivity contribution in [1.29, 1.82) is 5.26 Å². The molecule has 0 saturated carbocycles. The average molecular weight is 482 g/mol. The minimum atomic E-state index is -0.570. The van der Waals surface area contributed by atoms with Gasteiger partial charge in [-0.25, -0.2) is 4.79 Å². The zero-order chi connectivity index (χ0) is 23.5. The van der Waals surface area contributed by atoms with Crippen molar-refractivity contribution in [1.82, 2.24) is 4.90 Å². The van der Waals surface area contributed by atoms with Crippen LogP contribution in [0, 0.1) is 11.3 Å². The molecule has 8 heteroatoms. The van der Waals surface area contributed by atoms with Crippen LogP contribution in [0.25, 0.3) is 6.08 Å². The molecule has 0 radical (unpaired) electrons. The highest BCUT2D eigenvalue weighted by Gasteiger charge is 2.40. The molecule has 2 aliphatic rings. The third-order valence-electron chi connectivity index (χ3n) is 5.52. The Bertz CT molecular complexity index is 1240. The van der Waals surface area contributed by atoms with E-state index in [0.717, 1.165) is 5.56 Å². The molecule has 2 aromatic rings. The van der Waals surface area contributed by atoms with Gasteiger partial charge in [0, 0.05) is 21.2 Å². The Morgan fingerprint density at radius 3 is 2.58 bits per heavy atom. The smallest absolute Gasteiger partial charge is 0.410 e. The van der Waals surface area contributed by atoms with Crippen molar-refractivity contribution >= 4 is 35.4 Å². The van der Waals surface area contributed by atoms with Crippen LogP contribution in [-0.2, 0) is 9.47 Å². The Balaban J connectivity index is 1.92. The zero-order valence-corrected chi connectivity index (χ0v) is 19.4. The van der Waals surface area contributed by atoms with Crippen molar-refractivity contribution < 1.29 is 14.3 Å². The predicted molar refractivity (Wildman–Crippen MR) is 127 cm³/mol. The van der Waals surface area contributed by atoms with Gasteiger partial charge < -0.3 is 15.2 Å². The van der Waals surface area contributed by atoms with Crippen molar-refractivity contribution in [2.24, 2.45) is 5.73 Å². The maximum atomic E-state index is 12.7. The number of carbonyl (C=O) groups excluding carboxylic acids is 1. The lowest BCUT2D eigenvalue weighted by atomic mass is 9.80. The highest BCUT2D eigenvalue weighted by atomic mass is 35.5. The molecule has 0 aliphatic carbocycles. The fraction of sp³-hybridized carbons (Fsp3) is 0.200. The van der Waals surface area contributed by atoms with Crippen LogP contribution in [0.1, 0.15) is 24.0 Å². The summed E-state index contributed by atoms with van der Waals surface area (Å²) in [6.45, 7) is 2.42. The van der Waals surface area contributed by atoms with E-state index in [1.165, 1.54) is 0 Å². The number of rotatable bonds is 3. The van der Waals surface area contributed by atoms with Gasteiger partial charge in [-0.15, -0.1) is 0 Å². The van der Waals surface area contributed by atoms with Crippen LogP contribution in [-0.4, -0.2) is 30.7 Å². The van der Waals surface area contributed by atoms with Crippen LogP contribution in [0.15, 0.2) is 76.9 Å². The molecule has 2 aromatic carbocycles. The Morgan fingerprint density at radius 1 is 1.21 bits per heavy atom. The van der Waals surface area contributed by atoms with Crippen molar-refractivity contribution in [3.8, 4) is 6.07 Å². The van der Waals surface area contributed by atoms with Gasteiger partial charge in [-0.3, -0.25) is 4.90 Å². The van der Waals surface area contributed by atoms with Crippen LogP contribution < -0.4 is 5.73 Å². The van der Waals surface area contributed by atoms with Crippen molar-refractivity contribution in [3.05, 3.63) is 98.1 Å². The molecule has 168 valence electrons. The number of carbonyl (C=O) groups is 1. The normalized spacial score (nSPS) is 19.2. The molecular weight excluding hydrogens is 461 g/mol. The van der Waals surface area contributed by atoms with Crippen molar-refractivity contribution in [3.63, 3.8) is 0 Å². The number of allylic oxidation sites excluding steroid dienone is 1. The quantitative estimate of drug-likeness (QED) is 0.614. The predicted octanol–water partition coefficient (Wildman–Crippen LogP) is 5.61. The molecule has 0 bridgehead atoms. The number of amides is 1. The third-order valence-corrected chi connectivity index (χ3v) is 6.21.